The molecule has 1 heteroatoms. The molecule has 0 spiro atoms. The van der Waals surface area contributed by atoms with Gasteiger partial charge in [0.05, 0.1) is 0 Å². The number of hydrogen-bond donors (Lipinski definition) is 1. The average molecular weight is 239 g/mol. The van der Waals surface area contributed by atoms with E-state index < -0.39 is 0 Å². The molecule has 0 aromatic rings. The molecule has 1 aliphatic carbocycles. The Morgan fingerprint density at radius 1 is 1.00 bits per heavy atom. The number of hydrogen-bond acceptors (Lipinski definition) is 1. The standard InChI is InChI=1S/C16H33N/c1-14(2)8-7-11-17-13-16(12-15(3)4)9-5-6-10-16/h14-15,17H,5-13H2,1-4H3. The van der Waals surface area contributed by atoms with Crippen LogP contribution in [0.4, 0.5) is 0 Å². The van der Waals surface area contributed by atoms with E-state index in [1.54, 1.807) is 0 Å². The van der Waals surface area contributed by atoms with Crippen LogP contribution in [0, 0.1) is 17.3 Å². The number of nitrogens with one attached hydrogen (secondary N) is 1. The first-order valence-electron chi connectivity index (χ1n) is 7.75. The summed E-state index contributed by atoms with van der Waals surface area (Å²) >= 11 is 0. The Morgan fingerprint density at radius 2 is 1.65 bits per heavy atom. The van der Waals surface area contributed by atoms with Crippen molar-refractivity contribution in [2.75, 3.05) is 13.1 Å². The Labute approximate surface area is 109 Å². The summed E-state index contributed by atoms with van der Waals surface area (Å²) in [7, 11) is 0. The zero-order valence-corrected chi connectivity index (χ0v) is 12.5. The normalized spacial score (nSPS) is 19.4. The van der Waals surface area contributed by atoms with Gasteiger partial charge in [-0.3, -0.25) is 0 Å². The van der Waals surface area contributed by atoms with E-state index in [1.807, 2.05) is 0 Å². The maximum atomic E-state index is 3.73. The zero-order valence-electron chi connectivity index (χ0n) is 12.5. The van der Waals surface area contributed by atoms with Crippen molar-refractivity contribution in [1.82, 2.24) is 5.32 Å². The van der Waals surface area contributed by atoms with E-state index in [2.05, 4.69) is 33.0 Å². The molecule has 1 nitrogen and oxygen atoms in total. The second-order valence-electron chi connectivity index (χ2n) is 7.02. The van der Waals surface area contributed by atoms with Crippen LogP contribution >= 0.6 is 0 Å². The van der Waals surface area contributed by atoms with Gasteiger partial charge in [0.15, 0.2) is 0 Å². The average Bonchev–Trinajstić information content (AvgIpc) is 2.64. The summed E-state index contributed by atoms with van der Waals surface area (Å²) in [6, 6.07) is 0. The Balaban J connectivity index is 2.21. The van der Waals surface area contributed by atoms with Crippen LogP contribution in [0.25, 0.3) is 0 Å². The largest absolute Gasteiger partial charge is 0.316 e. The molecular formula is C16H33N. The van der Waals surface area contributed by atoms with E-state index in [0.29, 0.717) is 5.41 Å². The van der Waals surface area contributed by atoms with Crippen molar-refractivity contribution < 1.29 is 0 Å². The van der Waals surface area contributed by atoms with Gasteiger partial charge in [0.2, 0.25) is 0 Å². The molecule has 0 unspecified atom stereocenters. The lowest BCUT2D eigenvalue weighted by Crippen LogP contribution is -2.34. The van der Waals surface area contributed by atoms with Crippen LogP contribution in [-0.2, 0) is 0 Å². The Morgan fingerprint density at radius 3 is 2.18 bits per heavy atom. The summed E-state index contributed by atoms with van der Waals surface area (Å²) in [5.41, 5.74) is 0.645. The Kier molecular flexibility index (Phi) is 6.54. The van der Waals surface area contributed by atoms with E-state index in [-0.39, 0.29) is 0 Å². The van der Waals surface area contributed by atoms with Gasteiger partial charge in [-0.15, -0.1) is 0 Å². The molecule has 0 heterocycles. The van der Waals surface area contributed by atoms with Crippen LogP contribution in [0.1, 0.15) is 72.6 Å². The SMILES string of the molecule is CC(C)CCCNCC1(CC(C)C)CCCC1. The van der Waals surface area contributed by atoms with Gasteiger partial charge >= 0.3 is 0 Å². The third-order valence-corrected chi connectivity index (χ3v) is 4.14. The van der Waals surface area contributed by atoms with Gasteiger partial charge in [0.25, 0.3) is 0 Å². The van der Waals surface area contributed by atoms with Gasteiger partial charge in [-0.2, -0.15) is 0 Å². The monoisotopic (exact) mass is 239 g/mol. The highest BCUT2D eigenvalue weighted by molar-refractivity contribution is 4.87. The fraction of sp³-hybridized carbons (Fsp3) is 1.00. The van der Waals surface area contributed by atoms with Crippen LogP contribution < -0.4 is 5.32 Å². The molecule has 1 N–H and O–H groups in total. The first kappa shape index (κ1) is 15.0. The summed E-state index contributed by atoms with van der Waals surface area (Å²) in [6.07, 6.45) is 9.97. The molecule has 17 heavy (non-hydrogen) atoms. The van der Waals surface area contributed by atoms with Gasteiger partial charge < -0.3 is 5.32 Å². The Hall–Kier alpha value is -0.0400. The minimum Gasteiger partial charge on any atom is -0.316 e. The third-order valence-electron chi connectivity index (χ3n) is 4.14. The van der Waals surface area contributed by atoms with Gasteiger partial charge in [-0.25, -0.2) is 0 Å². The Bertz CT molecular complexity index is 190. The minimum atomic E-state index is 0.645. The highest BCUT2D eigenvalue weighted by Gasteiger charge is 2.33. The zero-order chi connectivity index (χ0) is 12.7. The lowest BCUT2D eigenvalue weighted by atomic mass is 9.78. The van der Waals surface area contributed by atoms with E-state index in [0.717, 1.165) is 11.8 Å². The molecule has 0 aromatic heterocycles. The van der Waals surface area contributed by atoms with Crippen molar-refractivity contribution in [2.45, 2.75) is 72.6 Å². The first-order chi connectivity index (χ1) is 8.04. The van der Waals surface area contributed by atoms with Gasteiger partial charge in [-0.05, 0) is 55.9 Å². The molecule has 0 bridgehead atoms. The molecule has 0 saturated heterocycles. The second kappa shape index (κ2) is 7.41. The van der Waals surface area contributed by atoms with Crippen LogP contribution in [0.3, 0.4) is 0 Å². The molecule has 0 radical (unpaired) electrons. The summed E-state index contributed by atoms with van der Waals surface area (Å²) in [6.45, 7) is 11.9. The summed E-state index contributed by atoms with van der Waals surface area (Å²) in [5.74, 6) is 1.71. The summed E-state index contributed by atoms with van der Waals surface area (Å²) < 4.78 is 0. The van der Waals surface area contributed by atoms with Crippen molar-refractivity contribution in [2.24, 2.45) is 17.3 Å². The maximum absolute atomic E-state index is 3.73. The van der Waals surface area contributed by atoms with Gasteiger partial charge in [-0.1, -0.05) is 40.5 Å². The molecule has 1 saturated carbocycles. The lowest BCUT2D eigenvalue weighted by Gasteiger charge is -2.31. The van der Waals surface area contributed by atoms with E-state index in [9.17, 15) is 0 Å². The van der Waals surface area contributed by atoms with Gasteiger partial charge in [0, 0.05) is 6.54 Å². The van der Waals surface area contributed by atoms with Crippen molar-refractivity contribution in [3.8, 4) is 0 Å². The summed E-state index contributed by atoms with van der Waals surface area (Å²) in [5, 5.41) is 3.73. The van der Waals surface area contributed by atoms with E-state index >= 15 is 0 Å². The van der Waals surface area contributed by atoms with Crippen molar-refractivity contribution in [3.05, 3.63) is 0 Å². The second-order valence-corrected chi connectivity index (χ2v) is 7.02. The summed E-state index contributed by atoms with van der Waals surface area (Å²) in [4.78, 5) is 0. The molecule has 0 aliphatic heterocycles. The highest BCUT2D eigenvalue weighted by Crippen LogP contribution is 2.42. The molecule has 0 amide bonds. The maximum Gasteiger partial charge on any atom is 0.000790 e. The third kappa shape index (κ3) is 5.90. The molecule has 102 valence electrons. The predicted octanol–water partition coefficient (Wildman–Crippen LogP) is 4.62. The van der Waals surface area contributed by atoms with Crippen molar-refractivity contribution in [1.29, 1.82) is 0 Å². The topological polar surface area (TPSA) is 12.0 Å². The van der Waals surface area contributed by atoms with E-state index in [4.69, 9.17) is 0 Å². The first-order valence-corrected chi connectivity index (χ1v) is 7.75. The molecule has 0 aromatic carbocycles. The van der Waals surface area contributed by atoms with Gasteiger partial charge in [0.1, 0.15) is 0 Å². The molecule has 1 aliphatic rings. The van der Waals surface area contributed by atoms with Crippen LogP contribution in [0.2, 0.25) is 0 Å². The van der Waals surface area contributed by atoms with Crippen molar-refractivity contribution >= 4 is 0 Å². The van der Waals surface area contributed by atoms with Crippen LogP contribution in [0.5, 0.6) is 0 Å². The molecule has 0 atom stereocenters. The molecule has 1 rings (SSSR count). The van der Waals surface area contributed by atoms with Crippen LogP contribution in [0.15, 0.2) is 0 Å². The van der Waals surface area contributed by atoms with E-state index in [1.165, 1.54) is 58.0 Å². The molecular weight excluding hydrogens is 206 g/mol. The predicted molar refractivity (Wildman–Crippen MR) is 77.3 cm³/mol. The minimum absolute atomic E-state index is 0.645. The van der Waals surface area contributed by atoms with Crippen LogP contribution in [-0.4, -0.2) is 13.1 Å². The van der Waals surface area contributed by atoms with Crippen molar-refractivity contribution in [3.63, 3.8) is 0 Å². The smallest absolute Gasteiger partial charge is 0.000790 e. The quantitative estimate of drug-likeness (QED) is 0.610. The lowest BCUT2D eigenvalue weighted by molar-refractivity contribution is 0.223. The molecule has 1 fully saturated rings. The highest BCUT2D eigenvalue weighted by atomic mass is 14.9. The fourth-order valence-electron chi connectivity index (χ4n) is 3.43. The number of rotatable bonds is 8. The fourth-order valence-corrected chi connectivity index (χ4v) is 3.43.